The molecule has 3 N–H and O–H groups in total. The molecule has 13 heteroatoms. The number of guanidine groups is 1. The van der Waals surface area contributed by atoms with Crippen molar-refractivity contribution >= 4 is 12.1 Å². The Morgan fingerprint density at radius 3 is 2.03 bits per heavy atom. The van der Waals surface area contributed by atoms with Gasteiger partial charge < -0.3 is 25.4 Å². The Bertz CT molecular complexity index is 1150. The molecule has 1 atom stereocenters. The van der Waals surface area contributed by atoms with Crippen LogP contribution in [0.1, 0.15) is 23.6 Å². The molecule has 0 aromatic heterocycles. The summed E-state index contributed by atoms with van der Waals surface area (Å²) in [6.45, 7) is -2.31. The number of benzene rings is 2. The number of amides is 1. The molecule has 0 aliphatic carbocycles. The van der Waals surface area contributed by atoms with Crippen LogP contribution in [0.3, 0.4) is 0 Å². The molecule has 0 fully saturated rings. The van der Waals surface area contributed by atoms with Gasteiger partial charge in [-0.15, -0.1) is 0 Å². The van der Waals surface area contributed by atoms with Gasteiger partial charge in [-0.2, -0.15) is 26.3 Å². The van der Waals surface area contributed by atoms with E-state index in [1.54, 1.807) is 0 Å². The molecular weight excluding hydrogens is 518 g/mol. The molecule has 0 saturated heterocycles. The minimum atomic E-state index is -5.63. The summed E-state index contributed by atoms with van der Waals surface area (Å²) in [5.74, 6) is -3.87. The first-order valence-corrected chi connectivity index (χ1v) is 11.6. The van der Waals surface area contributed by atoms with Crippen molar-refractivity contribution in [2.45, 2.75) is 31.0 Å². The van der Waals surface area contributed by atoms with E-state index in [-0.39, 0.29) is 31.2 Å². The number of alkyl halides is 6. The van der Waals surface area contributed by atoms with Crippen LogP contribution in [0.2, 0.25) is 0 Å². The average Bonchev–Trinajstić information content (AvgIpc) is 2.85. The third-order valence-corrected chi connectivity index (χ3v) is 6.38. The van der Waals surface area contributed by atoms with E-state index in [4.69, 9.17) is 5.73 Å². The molecule has 2 aromatic rings. The Balaban J connectivity index is 1.53. The van der Waals surface area contributed by atoms with E-state index in [9.17, 15) is 36.2 Å². The molecule has 0 radical (unpaired) electrons. The maximum Gasteiger partial charge on any atom is 0.410 e. The molecule has 7 nitrogen and oxygen atoms in total. The molecule has 2 aliphatic rings. The Morgan fingerprint density at radius 2 is 1.53 bits per heavy atom. The number of halogens is 6. The fraction of sp³-hybridized carbons (Fsp3) is 0.360. The highest BCUT2D eigenvalue weighted by Crippen LogP contribution is 2.40. The van der Waals surface area contributed by atoms with Gasteiger partial charge in [-0.25, -0.2) is 9.79 Å². The van der Waals surface area contributed by atoms with Crippen LogP contribution in [0.15, 0.2) is 76.9 Å². The molecule has 2 aromatic carbocycles. The zero-order valence-electron chi connectivity index (χ0n) is 19.8. The zero-order chi connectivity index (χ0) is 27.7. The first-order valence-electron chi connectivity index (χ1n) is 11.6. The predicted molar refractivity (Wildman–Crippen MR) is 124 cm³/mol. The van der Waals surface area contributed by atoms with Crippen molar-refractivity contribution in [3.63, 3.8) is 0 Å². The summed E-state index contributed by atoms with van der Waals surface area (Å²) in [6, 6.07) is 18.0. The fourth-order valence-corrected chi connectivity index (χ4v) is 4.47. The van der Waals surface area contributed by atoms with E-state index in [1.165, 1.54) is 4.90 Å². The van der Waals surface area contributed by atoms with E-state index in [1.807, 2.05) is 60.7 Å². The molecule has 0 bridgehead atoms. The molecule has 2 heterocycles. The third kappa shape index (κ3) is 5.72. The molecule has 204 valence electrons. The molecule has 38 heavy (non-hydrogen) atoms. The van der Waals surface area contributed by atoms with Gasteiger partial charge in [0.25, 0.3) is 0 Å². The lowest BCUT2D eigenvalue weighted by Crippen LogP contribution is -2.53. The monoisotopic (exact) mass is 542 g/mol. The minimum Gasteiger partial charge on any atom is -0.448 e. The Morgan fingerprint density at radius 1 is 1.00 bits per heavy atom. The molecule has 1 unspecified atom stereocenters. The van der Waals surface area contributed by atoms with Crippen molar-refractivity contribution in [1.82, 2.24) is 9.80 Å². The Labute approximate surface area is 213 Å². The van der Waals surface area contributed by atoms with E-state index in [0.717, 1.165) is 16.0 Å². The van der Waals surface area contributed by atoms with Gasteiger partial charge in [0, 0.05) is 12.1 Å². The number of aliphatic imine (C=N–C) groups is 1. The van der Waals surface area contributed by atoms with Gasteiger partial charge in [0.1, 0.15) is 6.61 Å². The van der Waals surface area contributed by atoms with E-state index in [2.05, 4.69) is 9.73 Å². The standard InChI is InChI=1S/C25H24F6N4O3/c26-24(27,28)19(25(29,30)31)14-38-23(37)34-12-11-17-18(13-34)33-22(32)35(21(17)36)20(15-7-3-1-4-8-15)16-9-5-2-6-10-16/h1-10,19-21,36H,11-14H2,(H2,32,33). The van der Waals surface area contributed by atoms with Gasteiger partial charge in [0.15, 0.2) is 18.1 Å². The highest BCUT2D eigenvalue weighted by Gasteiger charge is 2.57. The van der Waals surface area contributed by atoms with Gasteiger partial charge in [-0.1, -0.05) is 60.7 Å². The number of aliphatic hydroxyl groups is 1. The summed E-state index contributed by atoms with van der Waals surface area (Å²) in [5, 5.41) is 11.3. The summed E-state index contributed by atoms with van der Waals surface area (Å²) < 4.78 is 81.0. The van der Waals surface area contributed by atoms with Crippen LogP contribution in [0.25, 0.3) is 0 Å². The second-order valence-electron chi connectivity index (χ2n) is 8.83. The lowest BCUT2D eigenvalue weighted by atomic mass is 9.94. The number of nitrogens with zero attached hydrogens (tertiary/aromatic N) is 3. The van der Waals surface area contributed by atoms with Gasteiger partial charge in [0.05, 0.1) is 18.3 Å². The van der Waals surface area contributed by atoms with E-state index in [0.29, 0.717) is 5.57 Å². The first kappa shape index (κ1) is 27.3. The molecule has 0 saturated carbocycles. The molecular formula is C25H24F6N4O3. The minimum absolute atomic E-state index is 0.0527. The number of nitrogens with two attached hydrogens (primary N) is 1. The fourth-order valence-electron chi connectivity index (χ4n) is 4.47. The molecule has 1 amide bonds. The van der Waals surface area contributed by atoms with Gasteiger partial charge >= 0.3 is 18.4 Å². The van der Waals surface area contributed by atoms with Crippen molar-refractivity contribution in [1.29, 1.82) is 0 Å². The van der Waals surface area contributed by atoms with Crippen molar-refractivity contribution < 1.29 is 41.0 Å². The highest BCUT2D eigenvalue weighted by atomic mass is 19.4. The van der Waals surface area contributed by atoms with Crippen LogP contribution in [-0.2, 0) is 4.74 Å². The summed E-state index contributed by atoms with van der Waals surface area (Å²) in [6.07, 6.45) is -13.8. The summed E-state index contributed by atoms with van der Waals surface area (Å²) in [5.41, 5.74) is 8.54. The van der Waals surface area contributed by atoms with Gasteiger partial charge in [-0.05, 0) is 17.5 Å². The number of rotatable bonds is 5. The van der Waals surface area contributed by atoms with Crippen LogP contribution in [0.4, 0.5) is 31.1 Å². The topological polar surface area (TPSA) is 91.4 Å². The maximum atomic E-state index is 12.8. The SMILES string of the molecule is NC1=NC2=C(CCN(C(=O)OCC(C(F)(F)F)C(F)(F)F)C2)C(O)N1C(c1ccccc1)c1ccccc1. The summed E-state index contributed by atoms with van der Waals surface area (Å²) in [4.78, 5) is 19.1. The van der Waals surface area contributed by atoms with Crippen LogP contribution < -0.4 is 5.73 Å². The number of aliphatic hydroxyl groups excluding tert-OH is 1. The number of hydrogen-bond donors (Lipinski definition) is 2. The van der Waals surface area contributed by atoms with Crippen molar-refractivity contribution in [2.75, 3.05) is 19.7 Å². The third-order valence-electron chi connectivity index (χ3n) is 6.38. The average molecular weight is 542 g/mol. The normalized spacial score (nSPS) is 18.6. The van der Waals surface area contributed by atoms with Crippen LogP contribution in [0, 0.1) is 5.92 Å². The lowest BCUT2D eigenvalue weighted by Gasteiger charge is -2.43. The van der Waals surface area contributed by atoms with Gasteiger partial charge in [-0.3, -0.25) is 0 Å². The lowest BCUT2D eigenvalue weighted by molar-refractivity contribution is -0.291. The molecule has 0 spiro atoms. The van der Waals surface area contributed by atoms with Crippen LogP contribution in [-0.4, -0.2) is 65.2 Å². The second kappa shape index (κ2) is 10.6. The van der Waals surface area contributed by atoms with Gasteiger partial charge in [0.2, 0.25) is 0 Å². The largest absolute Gasteiger partial charge is 0.448 e. The number of carbonyl (C=O) groups is 1. The molecule has 2 aliphatic heterocycles. The zero-order valence-corrected chi connectivity index (χ0v) is 19.8. The van der Waals surface area contributed by atoms with Crippen LogP contribution in [0.5, 0.6) is 0 Å². The van der Waals surface area contributed by atoms with Crippen LogP contribution >= 0.6 is 0 Å². The first-order chi connectivity index (χ1) is 17.9. The summed E-state index contributed by atoms with van der Waals surface area (Å²) >= 11 is 0. The van der Waals surface area contributed by atoms with Crippen molar-refractivity contribution in [3.8, 4) is 0 Å². The Hall–Kier alpha value is -3.74. The quantitative estimate of drug-likeness (QED) is 0.541. The Kier molecular flexibility index (Phi) is 7.58. The smallest absolute Gasteiger partial charge is 0.410 e. The highest BCUT2D eigenvalue weighted by molar-refractivity contribution is 5.82. The maximum absolute atomic E-state index is 12.8. The van der Waals surface area contributed by atoms with E-state index >= 15 is 0 Å². The molecule has 4 rings (SSSR count). The predicted octanol–water partition coefficient (Wildman–Crippen LogP) is 4.56. The second-order valence-corrected chi connectivity index (χ2v) is 8.83. The number of ether oxygens (including phenoxy) is 1. The summed E-state index contributed by atoms with van der Waals surface area (Å²) in [7, 11) is 0. The van der Waals surface area contributed by atoms with Crippen molar-refractivity contribution in [2.24, 2.45) is 16.6 Å². The van der Waals surface area contributed by atoms with Crippen molar-refractivity contribution in [3.05, 3.63) is 83.1 Å². The number of carbonyl (C=O) groups excluding carboxylic acids is 1. The number of hydrogen-bond acceptors (Lipinski definition) is 6. The van der Waals surface area contributed by atoms with E-state index < -0.39 is 43.2 Å².